The van der Waals surface area contributed by atoms with Crippen LogP contribution in [0.4, 0.5) is 0 Å². The van der Waals surface area contributed by atoms with Crippen molar-refractivity contribution >= 4 is 17.5 Å². The number of methoxy groups -OCH3 is 2. The third kappa shape index (κ3) is 5.25. The van der Waals surface area contributed by atoms with E-state index in [1.807, 2.05) is 48.5 Å². The highest BCUT2D eigenvalue weighted by Gasteiger charge is 2.16. The molecule has 0 saturated carbocycles. The lowest BCUT2D eigenvalue weighted by Crippen LogP contribution is -2.29. The van der Waals surface area contributed by atoms with Crippen molar-refractivity contribution < 1.29 is 14.3 Å². The Morgan fingerprint density at radius 3 is 2.67 bits per heavy atom. The van der Waals surface area contributed by atoms with Gasteiger partial charge in [-0.25, -0.2) is 0 Å². The maximum absolute atomic E-state index is 12.1. The van der Waals surface area contributed by atoms with Crippen LogP contribution in [0.3, 0.4) is 0 Å². The van der Waals surface area contributed by atoms with Crippen molar-refractivity contribution in [3.63, 3.8) is 0 Å². The van der Waals surface area contributed by atoms with Crippen molar-refractivity contribution in [3.8, 4) is 5.75 Å². The average molecular weight is 348 g/mol. The molecule has 0 bridgehead atoms. The van der Waals surface area contributed by atoms with E-state index in [0.717, 1.165) is 16.9 Å². The second-order valence-corrected chi connectivity index (χ2v) is 5.84. The van der Waals surface area contributed by atoms with Gasteiger partial charge in [-0.2, -0.15) is 0 Å². The first-order valence-corrected chi connectivity index (χ1v) is 8.18. The van der Waals surface area contributed by atoms with Gasteiger partial charge >= 0.3 is 0 Å². The number of carbonyl (C=O) groups is 1. The monoisotopic (exact) mass is 347 g/mol. The molecule has 0 heterocycles. The van der Waals surface area contributed by atoms with Gasteiger partial charge in [0.05, 0.1) is 7.11 Å². The van der Waals surface area contributed by atoms with Gasteiger partial charge in [0.15, 0.2) is 0 Å². The molecule has 128 valence electrons. The Labute approximate surface area is 147 Å². The molecule has 0 aliphatic carbocycles. The van der Waals surface area contributed by atoms with Gasteiger partial charge in [0, 0.05) is 30.7 Å². The molecule has 1 N–H and O–H groups in total. The Bertz CT molecular complexity index is 675. The number of hydrogen-bond acceptors (Lipinski definition) is 3. The summed E-state index contributed by atoms with van der Waals surface area (Å²) in [5.41, 5.74) is 1.96. The van der Waals surface area contributed by atoms with Crippen molar-refractivity contribution in [2.75, 3.05) is 20.8 Å². The molecular formula is C19H22ClNO3. The fourth-order valence-corrected chi connectivity index (χ4v) is 2.71. The molecule has 0 aromatic heterocycles. The van der Waals surface area contributed by atoms with Gasteiger partial charge < -0.3 is 14.8 Å². The number of carbonyl (C=O) groups excluding carboxylic acids is 1. The van der Waals surface area contributed by atoms with Crippen LogP contribution in [0.1, 0.15) is 23.7 Å². The molecule has 1 atom stereocenters. The Morgan fingerprint density at radius 1 is 1.17 bits per heavy atom. The summed E-state index contributed by atoms with van der Waals surface area (Å²) in [6.45, 7) is 0.394. The van der Waals surface area contributed by atoms with Gasteiger partial charge in [-0.3, -0.25) is 4.79 Å². The van der Waals surface area contributed by atoms with Crippen molar-refractivity contribution in [1.29, 1.82) is 0 Å². The molecule has 2 rings (SSSR count). The van der Waals surface area contributed by atoms with Crippen LogP contribution in [0.5, 0.6) is 5.75 Å². The minimum atomic E-state index is -0.253. The quantitative estimate of drug-likeness (QED) is 0.790. The Hall–Kier alpha value is -2.04. The van der Waals surface area contributed by atoms with Gasteiger partial charge in [-0.1, -0.05) is 41.9 Å². The highest BCUT2D eigenvalue weighted by molar-refractivity contribution is 6.30. The number of amides is 1. The lowest BCUT2D eigenvalue weighted by atomic mass is 10.1. The van der Waals surface area contributed by atoms with Crippen LogP contribution in [0.2, 0.25) is 5.02 Å². The minimum absolute atomic E-state index is 0.0214. The highest BCUT2D eigenvalue weighted by atomic mass is 35.5. The second-order valence-electron chi connectivity index (χ2n) is 5.40. The van der Waals surface area contributed by atoms with Crippen molar-refractivity contribution in [3.05, 3.63) is 64.7 Å². The molecule has 5 heteroatoms. The van der Waals surface area contributed by atoms with Gasteiger partial charge in [0.25, 0.3) is 0 Å². The van der Waals surface area contributed by atoms with Gasteiger partial charge in [-0.05, 0) is 30.2 Å². The molecular weight excluding hydrogens is 326 g/mol. The third-order valence-corrected chi connectivity index (χ3v) is 4.02. The summed E-state index contributed by atoms with van der Waals surface area (Å²) in [5.74, 6) is 0.726. The summed E-state index contributed by atoms with van der Waals surface area (Å²) in [7, 11) is 3.24. The van der Waals surface area contributed by atoms with E-state index < -0.39 is 0 Å². The van der Waals surface area contributed by atoms with Crippen LogP contribution in [-0.2, 0) is 16.0 Å². The molecule has 2 aromatic rings. The van der Waals surface area contributed by atoms with Crippen LogP contribution in [-0.4, -0.2) is 26.7 Å². The Morgan fingerprint density at radius 2 is 1.96 bits per heavy atom. The number of rotatable bonds is 8. The van der Waals surface area contributed by atoms with Crippen LogP contribution in [0.15, 0.2) is 48.5 Å². The van der Waals surface area contributed by atoms with Gasteiger partial charge in [-0.15, -0.1) is 0 Å². The van der Waals surface area contributed by atoms with E-state index in [-0.39, 0.29) is 12.0 Å². The molecule has 0 spiro atoms. The van der Waals surface area contributed by atoms with E-state index in [2.05, 4.69) is 5.32 Å². The first-order chi connectivity index (χ1) is 11.6. The third-order valence-electron chi connectivity index (χ3n) is 3.78. The summed E-state index contributed by atoms with van der Waals surface area (Å²) in [5, 5.41) is 3.60. The normalized spacial score (nSPS) is 11.8. The summed E-state index contributed by atoms with van der Waals surface area (Å²) in [6, 6.07) is 15.2. The van der Waals surface area contributed by atoms with Crippen molar-refractivity contribution in [1.82, 2.24) is 5.32 Å². The first-order valence-electron chi connectivity index (χ1n) is 7.81. The standard InChI is InChI=1S/C19H22ClNO3/c1-23-17-9-4-3-8-16(17)18(24-2)13-21-19(22)11-10-14-6-5-7-15(20)12-14/h3-9,12,18H,10-11,13H2,1-2H3,(H,21,22)/t18-/m1/s1. The fraction of sp³-hybridized carbons (Fsp3) is 0.316. The maximum atomic E-state index is 12.1. The van der Waals surface area contributed by atoms with E-state index in [0.29, 0.717) is 24.4 Å². The van der Waals surface area contributed by atoms with Gasteiger partial charge in [0.1, 0.15) is 11.9 Å². The zero-order valence-corrected chi connectivity index (χ0v) is 14.7. The first kappa shape index (κ1) is 18.3. The van der Waals surface area contributed by atoms with E-state index in [4.69, 9.17) is 21.1 Å². The smallest absolute Gasteiger partial charge is 0.220 e. The lowest BCUT2D eigenvalue weighted by Gasteiger charge is -2.19. The molecule has 1 amide bonds. The zero-order valence-electron chi connectivity index (χ0n) is 13.9. The van der Waals surface area contributed by atoms with E-state index in [9.17, 15) is 4.79 Å². The van der Waals surface area contributed by atoms with E-state index in [1.54, 1.807) is 14.2 Å². The molecule has 0 radical (unpaired) electrons. The van der Waals surface area contributed by atoms with Crippen LogP contribution < -0.4 is 10.1 Å². The molecule has 4 nitrogen and oxygen atoms in total. The number of hydrogen-bond donors (Lipinski definition) is 1. The maximum Gasteiger partial charge on any atom is 0.220 e. The Balaban J connectivity index is 1.87. The molecule has 0 aliphatic heterocycles. The highest BCUT2D eigenvalue weighted by Crippen LogP contribution is 2.26. The summed E-state index contributed by atoms with van der Waals surface area (Å²) in [4.78, 5) is 12.1. The van der Waals surface area contributed by atoms with Crippen LogP contribution >= 0.6 is 11.6 Å². The molecule has 0 aliphatic rings. The molecule has 0 unspecified atom stereocenters. The number of para-hydroxylation sites is 1. The lowest BCUT2D eigenvalue weighted by molar-refractivity contribution is -0.121. The second kappa shape index (κ2) is 9.30. The summed E-state index contributed by atoms with van der Waals surface area (Å²) in [6.07, 6.45) is 0.803. The number of ether oxygens (including phenoxy) is 2. The van der Waals surface area contributed by atoms with Gasteiger partial charge in [0.2, 0.25) is 5.91 Å². The predicted octanol–water partition coefficient (Wildman–Crippen LogP) is 3.79. The summed E-state index contributed by atoms with van der Waals surface area (Å²) >= 11 is 5.95. The van der Waals surface area contributed by atoms with E-state index >= 15 is 0 Å². The fourth-order valence-electron chi connectivity index (χ4n) is 2.50. The molecule has 0 fully saturated rings. The van der Waals surface area contributed by atoms with E-state index in [1.165, 1.54) is 0 Å². The number of aryl methyl sites for hydroxylation is 1. The largest absolute Gasteiger partial charge is 0.496 e. The topological polar surface area (TPSA) is 47.6 Å². The minimum Gasteiger partial charge on any atom is -0.496 e. The SMILES string of the molecule is COc1ccccc1[C@@H](CNC(=O)CCc1cccc(Cl)c1)OC. The molecule has 24 heavy (non-hydrogen) atoms. The number of nitrogens with one attached hydrogen (secondary N) is 1. The zero-order chi connectivity index (χ0) is 17.4. The summed E-state index contributed by atoms with van der Waals surface area (Å²) < 4.78 is 10.8. The molecule has 0 saturated heterocycles. The van der Waals surface area contributed by atoms with Crippen molar-refractivity contribution in [2.24, 2.45) is 0 Å². The van der Waals surface area contributed by atoms with Crippen LogP contribution in [0, 0.1) is 0 Å². The van der Waals surface area contributed by atoms with Crippen LogP contribution in [0.25, 0.3) is 0 Å². The number of halogens is 1. The number of benzene rings is 2. The molecule has 2 aromatic carbocycles. The Kier molecular flexibility index (Phi) is 7.09. The average Bonchev–Trinajstić information content (AvgIpc) is 2.61. The predicted molar refractivity (Wildman–Crippen MR) is 95.5 cm³/mol. The van der Waals surface area contributed by atoms with Crippen molar-refractivity contribution in [2.45, 2.75) is 18.9 Å².